The molecule has 0 N–H and O–H groups in total. The molecule has 0 spiro atoms. The normalized spacial score (nSPS) is 15.2. The average molecular weight is 323 g/mol. The molecule has 3 rings (SSSR count). The van der Waals surface area contributed by atoms with Crippen LogP contribution in [0, 0.1) is 0 Å². The van der Waals surface area contributed by atoms with E-state index in [0.717, 1.165) is 24.2 Å². The summed E-state index contributed by atoms with van der Waals surface area (Å²) in [6.45, 7) is 1.33. The van der Waals surface area contributed by atoms with Gasteiger partial charge in [0.1, 0.15) is 5.75 Å². The predicted molar refractivity (Wildman–Crippen MR) is 73.9 cm³/mol. The molecule has 1 aromatic carbocycles. The number of amides is 1. The van der Waals surface area contributed by atoms with Gasteiger partial charge in [0.05, 0.1) is 0 Å². The molecule has 0 unspecified atom stereocenters. The molecule has 2 aromatic rings. The summed E-state index contributed by atoms with van der Waals surface area (Å²) in [7, 11) is 0. The Bertz CT molecular complexity index is 698. The van der Waals surface area contributed by atoms with Crippen molar-refractivity contribution >= 4 is 6.41 Å². The van der Waals surface area contributed by atoms with Crippen molar-refractivity contribution in [1.82, 2.24) is 14.9 Å². The van der Waals surface area contributed by atoms with Gasteiger partial charge in [-0.05, 0) is 23.8 Å². The Morgan fingerprint density at radius 1 is 1.17 bits per heavy atom. The molecule has 1 fully saturated rings. The van der Waals surface area contributed by atoms with Gasteiger partial charge in [0.25, 0.3) is 0 Å². The van der Waals surface area contributed by atoms with Crippen LogP contribution < -0.4 is 4.74 Å². The Balaban J connectivity index is 1.68. The van der Waals surface area contributed by atoms with E-state index in [1.165, 1.54) is 0 Å². The molecule has 0 saturated carbocycles. The predicted octanol–water partition coefficient (Wildman–Crippen LogP) is 2.84. The minimum Gasteiger partial charge on any atom is -0.424 e. The first kappa shape index (κ1) is 15.3. The maximum Gasteiger partial charge on any atom is 0.433 e. The molecule has 0 aliphatic carbocycles. The number of halogens is 3. The number of aromatic nitrogens is 2. The van der Waals surface area contributed by atoms with Crippen LogP contribution in [0.1, 0.15) is 17.2 Å². The summed E-state index contributed by atoms with van der Waals surface area (Å²) >= 11 is 0. The highest BCUT2D eigenvalue weighted by atomic mass is 19.4. The quantitative estimate of drug-likeness (QED) is 0.812. The molecule has 1 saturated heterocycles. The zero-order valence-corrected chi connectivity index (χ0v) is 11.8. The molecular formula is C15H12F3N3O2. The summed E-state index contributed by atoms with van der Waals surface area (Å²) in [4.78, 5) is 19.2. The lowest BCUT2D eigenvalue weighted by atomic mass is 9.92. The summed E-state index contributed by atoms with van der Waals surface area (Å²) < 4.78 is 43.0. The molecule has 120 valence electrons. The molecule has 23 heavy (non-hydrogen) atoms. The maximum absolute atomic E-state index is 12.6. The van der Waals surface area contributed by atoms with E-state index >= 15 is 0 Å². The Hall–Kier alpha value is -2.64. The third kappa shape index (κ3) is 3.41. The second kappa shape index (κ2) is 5.86. The van der Waals surface area contributed by atoms with E-state index < -0.39 is 11.9 Å². The average Bonchev–Trinajstić information content (AvgIpc) is 2.47. The number of ether oxygens (including phenoxy) is 1. The second-order valence-electron chi connectivity index (χ2n) is 5.15. The maximum atomic E-state index is 12.6. The minimum atomic E-state index is -4.54. The van der Waals surface area contributed by atoms with Crippen molar-refractivity contribution < 1.29 is 22.7 Å². The summed E-state index contributed by atoms with van der Waals surface area (Å²) in [5.74, 6) is 0.624. The van der Waals surface area contributed by atoms with E-state index in [0.29, 0.717) is 18.8 Å². The highest BCUT2D eigenvalue weighted by Gasteiger charge is 2.33. The first-order valence-electron chi connectivity index (χ1n) is 6.83. The molecule has 1 aliphatic heterocycles. The van der Waals surface area contributed by atoms with E-state index in [-0.39, 0.29) is 11.9 Å². The van der Waals surface area contributed by atoms with Crippen molar-refractivity contribution in [2.24, 2.45) is 0 Å². The number of carbonyl (C=O) groups is 1. The summed E-state index contributed by atoms with van der Waals surface area (Å²) in [6.07, 6.45) is -2.74. The van der Waals surface area contributed by atoms with Crippen LogP contribution in [0.4, 0.5) is 13.2 Å². The molecule has 0 bridgehead atoms. The SMILES string of the molecule is O=CN1CC(c2ccc(Oc3nccc(C(F)(F)F)n3)cc2)C1. The minimum absolute atomic E-state index is 0.277. The van der Waals surface area contributed by atoms with E-state index in [2.05, 4.69) is 9.97 Å². The van der Waals surface area contributed by atoms with Crippen LogP contribution in [0.2, 0.25) is 0 Å². The molecule has 8 heteroatoms. The van der Waals surface area contributed by atoms with Crippen LogP contribution in [0.3, 0.4) is 0 Å². The number of rotatable bonds is 4. The number of carbonyl (C=O) groups excluding carboxylic acids is 1. The Kier molecular flexibility index (Phi) is 3.89. The topological polar surface area (TPSA) is 55.3 Å². The van der Waals surface area contributed by atoms with Crippen molar-refractivity contribution in [2.75, 3.05) is 13.1 Å². The zero-order valence-electron chi connectivity index (χ0n) is 11.8. The fourth-order valence-corrected chi connectivity index (χ4v) is 2.27. The third-order valence-electron chi connectivity index (χ3n) is 3.54. The highest BCUT2D eigenvalue weighted by Crippen LogP contribution is 2.30. The fourth-order valence-electron chi connectivity index (χ4n) is 2.27. The van der Waals surface area contributed by atoms with Gasteiger partial charge >= 0.3 is 12.2 Å². The smallest absolute Gasteiger partial charge is 0.424 e. The Morgan fingerprint density at radius 3 is 2.48 bits per heavy atom. The van der Waals surface area contributed by atoms with E-state index in [4.69, 9.17) is 4.74 Å². The van der Waals surface area contributed by atoms with E-state index in [1.807, 2.05) is 12.1 Å². The van der Waals surface area contributed by atoms with Crippen LogP contribution >= 0.6 is 0 Å². The summed E-state index contributed by atoms with van der Waals surface area (Å²) in [5, 5.41) is 0. The van der Waals surface area contributed by atoms with Crippen molar-refractivity contribution in [1.29, 1.82) is 0 Å². The lowest BCUT2D eigenvalue weighted by Gasteiger charge is -2.36. The number of nitrogens with zero attached hydrogens (tertiary/aromatic N) is 3. The van der Waals surface area contributed by atoms with Crippen molar-refractivity contribution in [3.63, 3.8) is 0 Å². The molecule has 0 radical (unpaired) electrons. The van der Waals surface area contributed by atoms with Crippen LogP contribution in [0.15, 0.2) is 36.5 Å². The molecular weight excluding hydrogens is 311 g/mol. The second-order valence-corrected chi connectivity index (χ2v) is 5.15. The Morgan fingerprint density at radius 2 is 1.87 bits per heavy atom. The van der Waals surface area contributed by atoms with Gasteiger partial charge in [0, 0.05) is 25.2 Å². The number of hydrogen-bond donors (Lipinski definition) is 0. The van der Waals surface area contributed by atoms with Gasteiger partial charge in [-0.2, -0.15) is 18.2 Å². The van der Waals surface area contributed by atoms with Crippen molar-refractivity contribution in [3.8, 4) is 11.8 Å². The van der Waals surface area contributed by atoms with Gasteiger partial charge < -0.3 is 9.64 Å². The van der Waals surface area contributed by atoms with Crippen LogP contribution in [-0.4, -0.2) is 34.4 Å². The van der Waals surface area contributed by atoms with Gasteiger partial charge in [0.2, 0.25) is 6.41 Å². The largest absolute Gasteiger partial charge is 0.433 e. The van der Waals surface area contributed by atoms with Crippen molar-refractivity contribution in [2.45, 2.75) is 12.1 Å². The molecule has 0 atom stereocenters. The third-order valence-corrected chi connectivity index (χ3v) is 3.54. The number of alkyl halides is 3. The molecule has 2 heterocycles. The molecule has 1 aliphatic rings. The lowest BCUT2D eigenvalue weighted by Crippen LogP contribution is -2.43. The summed E-state index contributed by atoms with van der Waals surface area (Å²) in [5.41, 5.74) is -0.0112. The van der Waals surface area contributed by atoms with Gasteiger partial charge in [-0.25, -0.2) is 4.98 Å². The van der Waals surface area contributed by atoms with Gasteiger partial charge in [-0.1, -0.05) is 12.1 Å². The van der Waals surface area contributed by atoms with Crippen LogP contribution in [0.25, 0.3) is 0 Å². The highest BCUT2D eigenvalue weighted by molar-refractivity contribution is 5.50. The summed E-state index contributed by atoms with van der Waals surface area (Å²) in [6, 6.07) is 7.34. The lowest BCUT2D eigenvalue weighted by molar-refractivity contribution is -0.141. The van der Waals surface area contributed by atoms with Crippen LogP contribution in [-0.2, 0) is 11.0 Å². The molecule has 1 amide bonds. The molecule has 1 aromatic heterocycles. The van der Waals surface area contributed by atoms with Crippen molar-refractivity contribution in [3.05, 3.63) is 47.8 Å². The number of likely N-dealkylation sites (tertiary alicyclic amines) is 1. The number of hydrogen-bond acceptors (Lipinski definition) is 4. The van der Waals surface area contributed by atoms with E-state index in [9.17, 15) is 18.0 Å². The number of benzene rings is 1. The van der Waals surface area contributed by atoms with Gasteiger partial charge in [-0.15, -0.1) is 0 Å². The van der Waals surface area contributed by atoms with Gasteiger partial charge in [-0.3, -0.25) is 4.79 Å². The van der Waals surface area contributed by atoms with E-state index in [1.54, 1.807) is 17.0 Å². The monoisotopic (exact) mass is 323 g/mol. The first-order chi connectivity index (χ1) is 11.0. The van der Waals surface area contributed by atoms with Crippen LogP contribution in [0.5, 0.6) is 11.8 Å². The Labute approximate surface area is 129 Å². The molecule has 5 nitrogen and oxygen atoms in total. The standard InChI is InChI=1S/C15H12F3N3O2/c16-15(17,18)13-5-6-19-14(20-13)23-12-3-1-10(2-4-12)11-7-21(8-11)9-22/h1-6,9,11H,7-8H2. The zero-order chi connectivity index (χ0) is 16.4. The first-order valence-corrected chi connectivity index (χ1v) is 6.83. The van der Waals surface area contributed by atoms with Gasteiger partial charge in [0.15, 0.2) is 5.69 Å². The fraction of sp³-hybridized carbons (Fsp3) is 0.267.